The molecule has 11 heteroatoms. The van der Waals surface area contributed by atoms with E-state index in [9.17, 15) is 8.42 Å². The summed E-state index contributed by atoms with van der Waals surface area (Å²) in [5.41, 5.74) is 0.924. The third kappa shape index (κ3) is 5.97. The summed E-state index contributed by atoms with van der Waals surface area (Å²) < 4.78 is 29.1. The molecule has 7 nitrogen and oxygen atoms in total. The van der Waals surface area contributed by atoms with Crippen LogP contribution in [0.15, 0.2) is 39.0 Å². The molecule has 0 radical (unpaired) electrons. The maximum Gasteiger partial charge on any atom is 0.251 e. The third-order valence-electron chi connectivity index (χ3n) is 5.95. The molecule has 2 aromatic heterocycles. The van der Waals surface area contributed by atoms with Gasteiger partial charge < -0.3 is 10.2 Å². The van der Waals surface area contributed by atoms with Gasteiger partial charge in [0.1, 0.15) is 5.82 Å². The van der Waals surface area contributed by atoms with Gasteiger partial charge >= 0.3 is 0 Å². The molecular weight excluding hydrogens is 546 g/mol. The van der Waals surface area contributed by atoms with Crippen LogP contribution in [0.25, 0.3) is 10.9 Å². The van der Waals surface area contributed by atoms with E-state index in [1.807, 2.05) is 43.3 Å². The number of benzene rings is 1. The summed E-state index contributed by atoms with van der Waals surface area (Å²) >= 11 is 10.3. The van der Waals surface area contributed by atoms with Crippen molar-refractivity contribution in [1.29, 1.82) is 0 Å². The van der Waals surface area contributed by atoms with Crippen molar-refractivity contribution in [3.8, 4) is 0 Å². The molecule has 0 atom stereocenters. The first kappa shape index (κ1) is 24.7. The van der Waals surface area contributed by atoms with Crippen molar-refractivity contribution in [3.05, 3.63) is 39.1 Å². The number of aromatic nitrogens is 2. The molecule has 1 fully saturated rings. The van der Waals surface area contributed by atoms with Crippen molar-refractivity contribution in [3.63, 3.8) is 0 Å². The zero-order valence-corrected chi connectivity index (χ0v) is 22.5. The van der Waals surface area contributed by atoms with E-state index in [-0.39, 0.29) is 4.21 Å². The number of hydrogen-bond donors (Lipinski definition) is 2. The van der Waals surface area contributed by atoms with Crippen LogP contribution in [0.4, 0.5) is 11.8 Å². The molecule has 0 saturated heterocycles. The lowest BCUT2D eigenvalue weighted by atomic mass is 9.82. The number of rotatable bonds is 8. The first-order valence-corrected chi connectivity index (χ1v) is 14.3. The van der Waals surface area contributed by atoms with Gasteiger partial charge in [-0.05, 0) is 71.6 Å². The van der Waals surface area contributed by atoms with E-state index in [1.54, 1.807) is 6.07 Å². The lowest BCUT2D eigenvalue weighted by molar-refractivity contribution is 0.284. The Morgan fingerprint density at radius 1 is 1.12 bits per heavy atom. The fraction of sp³-hybridized carbons (Fsp3) is 0.455. The highest BCUT2D eigenvalue weighted by molar-refractivity contribution is 9.10. The first-order chi connectivity index (χ1) is 15.7. The normalized spacial score (nSPS) is 19.0. The standard InChI is InChI=1S/C22H27BrClN5O2S2/c1-29(2)20-16-5-3-4-6-18(16)27-22(28-20)25-12-14-7-9-15(10-8-14)13-26-33(30,31)21-17(23)11-19(24)32-21/h3-6,11,14-15,26H,7-10,12-13H2,1-2H3,(H,25,27,28)/t14-,15-. The summed E-state index contributed by atoms with van der Waals surface area (Å²) in [4.78, 5) is 11.4. The highest BCUT2D eigenvalue weighted by Gasteiger charge is 2.25. The number of anilines is 2. The average molecular weight is 573 g/mol. The smallest absolute Gasteiger partial charge is 0.251 e. The van der Waals surface area contributed by atoms with Crippen molar-refractivity contribution in [2.75, 3.05) is 37.4 Å². The van der Waals surface area contributed by atoms with Gasteiger partial charge in [-0.2, -0.15) is 4.98 Å². The van der Waals surface area contributed by atoms with E-state index in [4.69, 9.17) is 16.6 Å². The van der Waals surface area contributed by atoms with E-state index in [1.165, 1.54) is 0 Å². The fourth-order valence-corrected chi connectivity index (χ4v) is 8.33. The van der Waals surface area contributed by atoms with Gasteiger partial charge in [0.25, 0.3) is 10.0 Å². The van der Waals surface area contributed by atoms with Crippen LogP contribution in [0.3, 0.4) is 0 Å². The molecule has 0 spiro atoms. The molecule has 2 heterocycles. The maximum atomic E-state index is 12.6. The van der Waals surface area contributed by atoms with Crippen molar-refractivity contribution in [2.24, 2.45) is 11.8 Å². The lowest BCUT2D eigenvalue weighted by Crippen LogP contribution is -2.32. The third-order valence-corrected chi connectivity index (χ3v) is 10.3. The largest absolute Gasteiger partial charge is 0.362 e. The van der Waals surface area contributed by atoms with E-state index < -0.39 is 10.0 Å². The van der Waals surface area contributed by atoms with E-state index in [2.05, 4.69) is 31.0 Å². The lowest BCUT2D eigenvalue weighted by Gasteiger charge is -2.28. The van der Waals surface area contributed by atoms with Crippen LogP contribution in [0.2, 0.25) is 4.34 Å². The molecule has 0 bridgehead atoms. The number of hydrogen-bond acceptors (Lipinski definition) is 7. The van der Waals surface area contributed by atoms with Gasteiger partial charge in [-0.25, -0.2) is 18.1 Å². The molecule has 0 amide bonds. The molecule has 33 heavy (non-hydrogen) atoms. The molecule has 4 rings (SSSR count). The Morgan fingerprint density at radius 2 is 1.79 bits per heavy atom. The number of fused-ring (bicyclic) bond motifs is 1. The highest BCUT2D eigenvalue weighted by atomic mass is 79.9. The van der Waals surface area contributed by atoms with Crippen LogP contribution in [-0.4, -0.2) is 45.6 Å². The monoisotopic (exact) mass is 571 g/mol. The number of para-hydroxylation sites is 1. The van der Waals surface area contributed by atoms with Crippen LogP contribution in [-0.2, 0) is 10.0 Å². The highest BCUT2D eigenvalue weighted by Crippen LogP contribution is 2.35. The molecule has 1 aromatic carbocycles. The maximum absolute atomic E-state index is 12.6. The summed E-state index contributed by atoms with van der Waals surface area (Å²) in [6.07, 6.45) is 4.07. The molecule has 1 aliphatic rings. The zero-order chi connectivity index (χ0) is 23.6. The van der Waals surface area contributed by atoms with Gasteiger partial charge in [-0.15, -0.1) is 11.3 Å². The Balaban J connectivity index is 1.29. The summed E-state index contributed by atoms with van der Waals surface area (Å²) in [5.74, 6) is 2.40. The second-order valence-electron chi connectivity index (χ2n) is 8.59. The van der Waals surface area contributed by atoms with Gasteiger partial charge in [-0.1, -0.05) is 23.7 Å². The van der Waals surface area contributed by atoms with Crippen LogP contribution in [0, 0.1) is 11.8 Å². The number of sulfonamides is 1. The van der Waals surface area contributed by atoms with Gasteiger partial charge in [0.05, 0.1) is 14.3 Å². The Kier molecular flexibility index (Phi) is 7.80. The van der Waals surface area contributed by atoms with Crippen LogP contribution in [0.1, 0.15) is 25.7 Å². The van der Waals surface area contributed by atoms with Crippen LogP contribution in [0.5, 0.6) is 0 Å². The van der Waals surface area contributed by atoms with E-state index in [0.29, 0.717) is 33.1 Å². The second-order valence-corrected chi connectivity index (χ2v) is 13.1. The Labute approximate surface area is 212 Å². The zero-order valence-electron chi connectivity index (χ0n) is 18.5. The number of nitrogens with one attached hydrogen (secondary N) is 2. The number of halogens is 2. The van der Waals surface area contributed by atoms with Gasteiger partial charge in [0.15, 0.2) is 4.21 Å². The van der Waals surface area contributed by atoms with Crippen molar-refractivity contribution in [1.82, 2.24) is 14.7 Å². The van der Waals surface area contributed by atoms with E-state index in [0.717, 1.165) is 60.3 Å². The average Bonchev–Trinajstić information content (AvgIpc) is 3.15. The minimum absolute atomic E-state index is 0.234. The molecule has 1 aliphatic carbocycles. The van der Waals surface area contributed by atoms with Crippen LogP contribution >= 0.6 is 38.9 Å². The summed E-state index contributed by atoms with van der Waals surface area (Å²) in [6, 6.07) is 9.64. The Hall–Kier alpha value is -1.46. The molecule has 178 valence electrons. The van der Waals surface area contributed by atoms with Crippen molar-refractivity contribution < 1.29 is 8.42 Å². The minimum atomic E-state index is -3.55. The predicted molar refractivity (Wildman–Crippen MR) is 140 cm³/mol. The molecular formula is C22H27BrClN5O2S2. The predicted octanol–water partition coefficient (Wildman–Crippen LogP) is 5.37. The molecule has 1 saturated carbocycles. The summed E-state index contributed by atoms with van der Waals surface area (Å²) in [7, 11) is 0.418. The summed E-state index contributed by atoms with van der Waals surface area (Å²) in [6.45, 7) is 1.26. The van der Waals surface area contributed by atoms with E-state index >= 15 is 0 Å². The van der Waals surface area contributed by atoms with Gasteiger partial charge in [0, 0.05) is 32.6 Å². The van der Waals surface area contributed by atoms with Crippen LogP contribution < -0.4 is 14.9 Å². The van der Waals surface area contributed by atoms with Crippen molar-refractivity contribution >= 4 is 71.6 Å². The number of nitrogens with zero attached hydrogens (tertiary/aromatic N) is 3. The molecule has 2 N–H and O–H groups in total. The Bertz CT molecular complexity index is 1230. The van der Waals surface area contributed by atoms with Gasteiger partial charge in [-0.3, -0.25) is 0 Å². The molecule has 0 unspecified atom stereocenters. The Morgan fingerprint density at radius 3 is 2.42 bits per heavy atom. The topological polar surface area (TPSA) is 87.2 Å². The quantitative estimate of drug-likeness (QED) is 0.377. The molecule has 0 aliphatic heterocycles. The van der Waals surface area contributed by atoms with Crippen molar-refractivity contribution in [2.45, 2.75) is 29.9 Å². The van der Waals surface area contributed by atoms with Gasteiger partial charge in [0.2, 0.25) is 5.95 Å². The first-order valence-electron chi connectivity index (χ1n) is 10.9. The fourth-order valence-electron chi connectivity index (χ4n) is 4.16. The SMILES string of the molecule is CN(C)c1nc(NC[C@H]2CC[C@H](CNS(=O)(=O)c3sc(Cl)cc3Br)CC2)nc2ccccc12. The second kappa shape index (κ2) is 10.4. The number of thiophene rings is 1. The minimum Gasteiger partial charge on any atom is -0.362 e. The summed E-state index contributed by atoms with van der Waals surface area (Å²) in [5, 5.41) is 4.46. The molecule has 3 aromatic rings.